The van der Waals surface area contributed by atoms with E-state index < -0.39 is 23.1 Å². The number of pyridine rings is 1. The van der Waals surface area contributed by atoms with Crippen LogP contribution in [-0.4, -0.2) is 20.3 Å². The van der Waals surface area contributed by atoms with Crippen LogP contribution in [0.15, 0.2) is 138 Å². The molecule has 0 aliphatic rings. The summed E-state index contributed by atoms with van der Waals surface area (Å²) < 4.78 is 38.5. The normalized spacial score (nSPS) is 11.1. The molecule has 5 aromatic carbocycles. The van der Waals surface area contributed by atoms with Crippen LogP contribution in [0.1, 0.15) is 33.2 Å². The maximum absolute atomic E-state index is 15.7. The van der Waals surface area contributed by atoms with E-state index in [0.717, 1.165) is 28.1 Å². The highest BCUT2D eigenvalue weighted by Crippen LogP contribution is 2.38. The molecule has 248 valence electrons. The summed E-state index contributed by atoms with van der Waals surface area (Å²) in [5.41, 5.74) is 3.87. The lowest BCUT2D eigenvalue weighted by Crippen LogP contribution is -2.29. The van der Waals surface area contributed by atoms with Gasteiger partial charge in [0.05, 0.1) is 23.4 Å². The van der Waals surface area contributed by atoms with E-state index in [4.69, 9.17) is 4.74 Å². The van der Waals surface area contributed by atoms with Crippen molar-refractivity contribution in [1.82, 2.24) is 14.3 Å². The summed E-state index contributed by atoms with van der Waals surface area (Å²) in [5, 5.41) is 11.4. The van der Waals surface area contributed by atoms with Gasteiger partial charge in [0.2, 0.25) is 0 Å². The molecule has 50 heavy (non-hydrogen) atoms. The second-order valence-electron chi connectivity index (χ2n) is 11.8. The number of aryl methyl sites for hydroxylation is 2. The summed E-state index contributed by atoms with van der Waals surface area (Å²) in [6, 6.07) is 35.9. The van der Waals surface area contributed by atoms with Gasteiger partial charge in [0.15, 0.2) is 17.3 Å². The Morgan fingerprint density at radius 3 is 2.14 bits per heavy atom. The first-order valence-electron chi connectivity index (χ1n) is 15.8. The second-order valence-corrected chi connectivity index (χ2v) is 11.8. The third kappa shape index (κ3) is 6.46. The fraction of sp³-hybridized carbons (Fsp3) is 0.0750. The maximum Gasteiger partial charge on any atom is 0.268 e. The molecule has 0 atom stereocenters. The van der Waals surface area contributed by atoms with Crippen LogP contribution in [0.2, 0.25) is 0 Å². The van der Waals surface area contributed by atoms with Crippen LogP contribution in [0.5, 0.6) is 11.5 Å². The predicted octanol–water partition coefficient (Wildman–Crippen LogP) is 8.56. The maximum atomic E-state index is 15.7. The average Bonchev–Trinajstić information content (AvgIpc) is 3.48. The molecule has 0 bridgehead atoms. The number of carbonyl (C=O) groups is 1. The number of fused-ring (bicyclic) bond motifs is 1. The van der Waals surface area contributed by atoms with Crippen LogP contribution >= 0.6 is 0 Å². The summed E-state index contributed by atoms with van der Waals surface area (Å²) in [6.07, 6.45) is 1.71. The molecule has 7 aromatic rings. The van der Waals surface area contributed by atoms with Gasteiger partial charge in [-0.25, -0.2) is 8.78 Å². The minimum absolute atomic E-state index is 0.0701. The quantitative estimate of drug-likeness (QED) is 0.161. The molecule has 1 amide bonds. The number of nitrogens with one attached hydrogen (secondary N) is 2. The van der Waals surface area contributed by atoms with E-state index in [1.807, 2.05) is 73.8 Å². The van der Waals surface area contributed by atoms with E-state index in [9.17, 15) is 14.0 Å². The Balaban J connectivity index is 1.18. The Hall–Kier alpha value is -6.55. The van der Waals surface area contributed by atoms with E-state index >= 15 is 4.39 Å². The first-order chi connectivity index (χ1) is 24.2. The number of benzene rings is 5. The molecular formula is C40H31F2N5O3. The molecule has 10 heteroatoms. The smallest absolute Gasteiger partial charge is 0.268 e. The largest absolute Gasteiger partial charge is 0.452 e. The summed E-state index contributed by atoms with van der Waals surface area (Å²) in [7, 11) is 1.85. The van der Waals surface area contributed by atoms with Gasteiger partial charge >= 0.3 is 0 Å². The molecule has 0 aliphatic heterocycles. The number of anilines is 2. The lowest BCUT2D eigenvalue weighted by atomic mass is 9.98. The fourth-order valence-electron chi connectivity index (χ4n) is 5.87. The van der Waals surface area contributed by atoms with Gasteiger partial charge in [-0.3, -0.25) is 18.8 Å². The second kappa shape index (κ2) is 13.5. The Bertz CT molecular complexity index is 2350. The summed E-state index contributed by atoms with van der Waals surface area (Å²) in [6.45, 7) is 1.71. The van der Waals surface area contributed by atoms with Gasteiger partial charge in [-0.05, 0) is 78.7 Å². The van der Waals surface area contributed by atoms with Crippen molar-refractivity contribution in [2.45, 2.75) is 13.0 Å². The van der Waals surface area contributed by atoms with Crippen molar-refractivity contribution in [2.75, 3.05) is 10.6 Å². The lowest BCUT2D eigenvalue weighted by molar-refractivity contribution is 0.102. The van der Waals surface area contributed by atoms with Crippen LogP contribution in [-0.2, 0) is 7.05 Å². The zero-order valence-corrected chi connectivity index (χ0v) is 27.1. The van der Waals surface area contributed by atoms with Crippen molar-refractivity contribution >= 4 is 28.2 Å². The van der Waals surface area contributed by atoms with Crippen LogP contribution in [0.25, 0.3) is 16.6 Å². The summed E-state index contributed by atoms with van der Waals surface area (Å²) in [5.74, 6) is -1.59. The Morgan fingerprint density at radius 2 is 1.48 bits per heavy atom. The van der Waals surface area contributed by atoms with E-state index in [1.54, 1.807) is 29.9 Å². The van der Waals surface area contributed by atoms with Crippen molar-refractivity contribution in [3.63, 3.8) is 0 Å². The number of aromatic nitrogens is 3. The number of halogens is 2. The molecule has 0 radical (unpaired) electrons. The molecule has 2 N–H and O–H groups in total. The van der Waals surface area contributed by atoms with Crippen molar-refractivity contribution in [3.8, 4) is 17.2 Å². The first-order valence-corrected chi connectivity index (χ1v) is 15.8. The van der Waals surface area contributed by atoms with E-state index in [0.29, 0.717) is 22.8 Å². The Morgan fingerprint density at radius 1 is 0.800 bits per heavy atom. The summed E-state index contributed by atoms with van der Waals surface area (Å²) in [4.78, 5) is 26.5. The van der Waals surface area contributed by atoms with Gasteiger partial charge in [-0.1, -0.05) is 60.7 Å². The average molecular weight is 668 g/mol. The first kappa shape index (κ1) is 32.0. The molecule has 0 saturated heterocycles. The van der Waals surface area contributed by atoms with Crippen molar-refractivity contribution in [2.24, 2.45) is 7.05 Å². The van der Waals surface area contributed by atoms with Crippen molar-refractivity contribution in [1.29, 1.82) is 0 Å². The number of ether oxygens (including phenoxy) is 1. The Labute approximate surface area is 286 Å². The highest BCUT2D eigenvalue weighted by molar-refractivity contribution is 6.04. The van der Waals surface area contributed by atoms with Crippen LogP contribution in [0, 0.1) is 18.6 Å². The van der Waals surface area contributed by atoms with Gasteiger partial charge in [0.1, 0.15) is 11.4 Å². The molecule has 0 spiro atoms. The van der Waals surface area contributed by atoms with Gasteiger partial charge < -0.3 is 15.4 Å². The fourth-order valence-corrected chi connectivity index (χ4v) is 5.87. The van der Waals surface area contributed by atoms with Crippen LogP contribution < -0.4 is 20.9 Å². The van der Waals surface area contributed by atoms with E-state index in [-0.39, 0.29) is 23.0 Å². The number of carbonyl (C=O) groups excluding carboxylic acids is 1. The molecule has 0 aliphatic carbocycles. The molecule has 8 nitrogen and oxygen atoms in total. The van der Waals surface area contributed by atoms with Crippen molar-refractivity contribution in [3.05, 3.63) is 178 Å². The zero-order valence-electron chi connectivity index (χ0n) is 27.1. The molecule has 2 heterocycles. The topological polar surface area (TPSA) is 90.2 Å². The van der Waals surface area contributed by atoms with Gasteiger partial charge in [-0.2, -0.15) is 5.10 Å². The summed E-state index contributed by atoms with van der Waals surface area (Å²) >= 11 is 0. The third-order valence-electron chi connectivity index (χ3n) is 8.43. The van der Waals surface area contributed by atoms with Gasteiger partial charge in [-0.15, -0.1) is 0 Å². The minimum atomic E-state index is -0.727. The van der Waals surface area contributed by atoms with Crippen molar-refractivity contribution < 1.29 is 18.3 Å². The van der Waals surface area contributed by atoms with Gasteiger partial charge in [0, 0.05) is 35.6 Å². The number of hydrogen-bond acceptors (Lipinski definition) is 5. The van der Waals surface area contributed by atoms with Crippen LogP contribution in [0.3, 0.4) is 0 Å². The Kier molecular flexibility index (Phi) is 8.66. The predicted molar refractivity (Wildman–Crippen MR) is 190 cm³/mol. The minimum Gasteiger partial charge on any atom is -0.452 e. The number of amides is 1. The highest BCUT2D eigenvalue weighted by atomic mass is 19.1. The molecule has 0 fully saturated rings. The standard InChI is InChI=1S/C40H31F2N5O3/c1-25-13-19-32(40(49)47(25)31-17-14-29(41)15-18-31)39(48)44-30-16-20-36(33(42)22-30)50-37-21-28-24-43-46(2)35(28)23-34(37)45-38(26-9-5-3-6-10-26)27-11-7-4-8-12-27/h3-24,38,45H,1-2H3,(H,44,48). The third-order valence-corrected chi connectivity index (χ3v) is 8.43. The number of rotatable bonds is 9. The molecular weight excluding hydrogens is 636 g/mol. The molecule has 7 rings (SSSR count). The number of nitrogens with zero attached hydrogens (tertiary/aromatic N) is 3. The van der Waals surface area contributed by atoms with E-state index in [2.05, 4.69) is 15.7 Å². The SMILES string of the molecule is Cc1ccc(C(=O)Nc2ccc(Oc3cc4cnn(C)c4cc3NC(c3ccccc3)c3ccccc3)c(F)c2)c(=O)n1-c1ccc(F)cc1. The zero-order chi connectivity index (χ0) is 34.8. The van der Waals surface area contributed by atoms with Gasteiger partial charge in [0.25, 0.3) is 11.5 Å². The molecule has 0 unspecified atom stereocenters. The molecule has 2 aromatic heterocycles. The lowest BCUT2D eigenvalue weighted by Gasteiger charge is -2.23. The number of hydrogen-bond donors (Lipinski definition) is 2. The monoisotopic (exact) mass is 667 g/mol. The van der Waals surface area contributed by atoms with E-state index in [1.165, 1.54) is 47.0 Å². The molecule has 0 saturated carbocycles. The highest BCUT2D eigenvalue weighted by Gasteiger charge is 2.20. The van der Waals surface area contributed by atoms with Crippen LogP contribution in [0.4, 0.5) is 20.2 Å².